The molecular formula is C12H13FN2O. The molecule has 1 atom stereocenters. The van der Waals surface area contributed by atoms with Crippen LogP contribution < -0.4 is 5.32 Å². The highest BCUT2D eigenvalue weighted by Crippen LogP contribution is 2.09. The van der Waals surface area contributed by atoms with Crippen LogP contribution in [0.5, 0.6) is 0 Å². The minimum absolute atomic E-state index is 0.344. The molecule has 0 heterocycles. The summed E-state index contributed by atoms with van der Waals surface area (Å²) in [5.41, 5.74) is 0.783. The van der Waals surface area contributed by atoms with E-state index in [1.807, 2.05) is 13.0 Å². The number of carbonyl (C=O) groups is 1. The standard InChI is InChI=1S/C12H13FN2O/c1-3-10(7-14)15-12(16)9-4-5-11(13)8(2)6-9/h4-6,10H,3H2,1-2H3,(H,15,16). The monoisotopic (exact) mass is 220 g/mol. The van der Waals surface area contributed by atoms with E-state index in [1.54, 1.807) is 6.92 Å². The molecule has 16 heavy (non-hydrogen) atoms. The molecule has 1 N–H and O–H groups in total. The predicted molar refractivity (Wildman–Crippen MR) is 58.3 cm³/mol. The van der Waals surface area contributed by atoms with E-state index >= 15 is 0 Å². The molecule has 1 amide bonds. The van der Waals surface area contributed by atoms with E-state index < -0.39 is 6.04 Å². The highest BCUT2D eigenvalue weighted by molar-refractivity contribution is 5.94. The Kier molecular flexibility index (Phi) is 4.01. The van der Waals surface area contributed by atoms with Gasteiger partial charge in [-0.25, -0.2) is 4.39 Å². The van der Waals surface area contributed by atoms with E-state index in [0.29, 0.717) is 17.5 Å². The number of carbonyl (C=O) groups excluding carboxylic acids is 1. The van der Waals surface area contributed by atoms with Crippen LogP contribution in [0.15, 0.2) is 18.2 Å². The zero-order valence-electron chi connectivity index (χ0n) is 9.25. The minimum Gasteiger partial charge on any atom is -0.336 e. The smallest absolute Gasteiger partial charge is 0.252 e. The number of benzene rings is 1. The van der Waals surface area contributed by atoms with E-state index in [1.165, 1.54) is 18.2 Å². The molecule has 1 unspecified atom stereocenters. The fourth-order valence-electron chi connectivity index (χ4n) is 1.25. The maximum Gasteiger partial charge on any atom is 0.252 e. The normalized spacial score (nSPS) is 11.6. The number of nitrogens with zero attached hydrogens (tertiary/aromatic N) is 1. The second-order valence-corrected chi connectivity index (χ2v) is 3.53. The minimum atomic E-state index is -0.502. The number of halogens is 1. The first-order chi connectivity index (χ1) is 7.58. The van der Waals surface area contributed by atoms with Gasteiger partial charge in [0.05, 0.1) is 6.07 Å². The van der Waals surface area contributed by atoms with Gasteiger partial charge in [-0.3, -0.25) is 4.79 Å². The Bertz CT molecular complexity index is 437. The van der Waals surface area contributed by atoms with Gasteiger partial charge in [0.15, 0.2) is 0 Å². The zero-order chi connectivity index (χ0) is 12.1. The Morgan fingerprint density at radius 1 is 1.62 bits per heavy atom. The van der Waals surface area contributed by atoms with E-state index in [2.05, 4.69) is 5.32 Å². The van der Waals surface area contributed by atoms with E-state index in [-0.39, 0.29) is 11.7 Å². The van der Waals surface area contributed by atoms with Crippen molar-refractivity contribution in [3.63, 3.8) is 0 Å². The quantitative estimate of drug-likeness (QED) is 0.848. The lowest BCUT2D eigenvalue weighted by molar-refractivity contribution is 0.0944. The molecule has 0 spiro atoms. The molecule has 0 aromatic heterocycles. The average molecular weight is 220 g/mol. The van der Waals surface area contributed by atoms with Crippen molar-refractivity contribution >= 4 is 5.91 Å². The maximum atomic E-state index is 13.0. The fraction of sp³-hybridized carbons (Fsp3) is 0.333. The van der Waals surface area contributed by atoms with Crippen molar-refractivity contribution in [2.24, 2.45) is 0 Å². The van der Waals surface area contributed by atoms with E-state index in [0.717, 1.165) is 0 Å². The number of amides is 1. The molecule has 0 fully saturated rings. The molecule has 84 valence electrons. The lowest BCUT2D eigenvalue weighted by atomic mass is 10.1. The maximum absolute atomic E-state index is 13.0. The van der Waals surface area contributed by atoms with Crippen LogP contribution in [0.25, 0.3) is 0 Å². The van der Waals surface area contributed by atoms with E-state index in [9.17, 15) is 9.18 Å². The van der Waals surface area contributed by atoms with Gasteiger partial charge >= 0.3 is 0 Å². The van der Waals surface area contributed by atoms with Crippen LogP contribution in [0.1, 0.15) is 29.3 Å². The van der Waals surface area contributed by atoms with Gasteiger partial charge in [0, 0.05) is 5.56 Å². The lowest BCUT2D eigenvalue weighted by Crippen LogP contribution is -2.33. The summed E-state index contributed by atoms with van der Waals surface area (Å²) in [6.07, 6.45) is 0.544. The summed E-state index contributed by atoms with van der Waals surface area (Å²) in [5, 5.41) is 11.3. The van der Waals surface area contributed by atoms with Gasteiger partial charge in [0.25, 0.3) is 5.91 Å². The van der Waals surface area contributed by atoms with E-state index in [4.69, 9.17) is 5.26 Å². The summed E-state index contributed by atoms with van der Waals surface area (Å²) in [4.78, 5) is 11.7. The summed E-state index contributed by atoms with van der Waals surface area (Å²) in [7, 11) is 0. The van der Waals surface area contributed by atoms with Gasteiger partial charge in [0.2, 0.25) is 0 Å². The Balaban J connectivity index is 2.81. The first kappa shape index (κ1) is 12.2. The van der Waals surface area contributed by atoms with Crippen LogP contribution in [0.3, 0.4) is 0 Å². The van der Waals surface area contributed by atoms with Crippen molar-refractivity contribution in [1.29, 1.82) is 5.26 Å². The molecule has 0 radical (unpaired) electrons. The van der Waals surface area contributed by atoms with Crippen LogP contribution in [-0.2, 0) is 0 Å². The number of hydrogen-bond donors (Lipinski definition) is 1. The third kappa shape index (κ3) is 2.80. The molecule has 0 saturated heterocycles. The fourth-order valence-corrected chi connectivity index (χ4v) is 1.25. The molecule has 1 aromatic carbocycles. The van der Waals surface area contributed by atoms with Crippen molar-refractivity contribution in [3.05, 3.63) is 35.1 Å². The SMILES string of the molecule is CCC(C#N)NC(=O)c1ccc(F)c(C)c1. The van der Waals surface area contributed by atoms with Crippen LogP contribution in [0.2, 0.25) is 0 Å². The van der Waals surface area contributed by atoms with Gasteiger partial charge in [-0.05, 0) is 37.1 Å². The molecule has 3 nitrogen and oxygen atoms in total. The topological polar surface area (TPSA) is 52.9 Å². The molecular weight excluding hydrogens is 207 g/mol. The molecule has 1 rings (SSSR count). The van der Waals surface area contributed by atoms with Crippen molar-refractivity contribution in [2.45, 2.75) is 26.3 Å². The summed E-state index contributed by atoms with van der Waals surface area (Å²) >= 11 is 0. The van der Waals surface area contributed by atoms with Crippen LogP contribution in [0.4, 0.5) is 4.39 Å². The largest absolute Gasteiger partial charge is 0.336 e. The zero-order valence-corrected chi connectivity index (χ0v) is 9.25. The summed E-state index contributed by atoms with van der Waals surface area (Å²) in [6, 6.07) is 5.59. The number of nitrogens with one attached hydrogen (secondary N) is 1. The molecule has 0 saturated carbocycles. The predicted octanol–water partition coefficient (Wildman–Crippen LogP) is 2.17. The Morgan fingerprint density at radius 2 is 2.31 bits per heavy atom. The van der Waals surface area contributed by atoms with Crippen molar-refractivity contribution in [3.8, 4) is 6.07 Å². The highest BCUT2D eigenvalue weighted by Gasteiger charge is 2.11. The summed E-state index contributed by atoms with van der Waals surface area (Å²) in [6.45, 7) is 3.40. The first-order valence-electron chi connectivity index (χ1n) is 5.05. The van der Waals surface area contributed by atoms with Crippen LogP contribution in [0, 0.1) is 24.1 Å². The molecule has 0 aliphatic rings. The summed E-state index contributed by atoms with van der Waals surface area (Å²) in [5.74, 6) is -0.694. The molecule has 0 aliphatic heterocycles. The van der Waals surface area contributed by atoms with Gasteiger partial charge < -0.3 is 5.32 Å². The Morgan fingerprint density at radius 3 is 2.81 bits per heavy atom. The number of nitriles is 1. The van der Waals surface area contributed by atoms with Crippen LogP contribution in [-0.4, -0.2) is 11.9 Å². The van der Waals surface area contributed by atoms with Gasteiger partial charge in [-0.15, -0.1) is 0 Å². The highest BCUT2D eigenvalue weighted by atomic mass is 19.1. The lowest BCUT2D eigenvalue weighted by Gasteiger charge is -2.09. The molecule has 0 bridgehead atoms. The Labute approximate surface area is 93.9 Å². The molecule has 4 heteroatoms. The van der Waals surface area contributed by atoms with Crippen LogP contribution >= 0.6 is 0 Å². The van der Waals surface area contributed by atoms with Crippen molar-refractivity contribution < 1.29 is 9.18 Å². The van der Waals surface area contributed by atoms with Gasteiger partial charge in [-0.1, -0.05) is 6.92 Å². The van der Waals surface area contributed by atoms with Gasteiger partial charge in [-0.2, -0.15) is 5.26 Å². The third-order valence-corrected chi connectivity index (χ3v) is 2.29. The molecule has 0 aliphatic carbocycles. The van der Waals surface area contributed by atoms with Gasteiger partial charge in [0.1, 0.15) is 11.9 Å². The third-order valence-electron chi connectivity index (χ3n) is 2.29. The number of rotatable bonds is 3. The van der Waals surface area contributed by atoms with Crippen molar-refractivity contribution in [1.82, 2.24) is 5.32 Å². The number of aryl methyl sites for hydroxylation is 1. The average Bonchev–Trinajstić information content (AvgIpc) is 2.29. The second-order valence-electron chi connectivity index (χ2n) is 3.53. The second kappa shape index (κ2) is 5.26. The first-order valence-corrected chi connectivity index (χ1v) is 5.05. The van der Waals surface area contributed by atoms with Crippen molar-refractivity contribution in [2.75, 3.05) is 0 Å². The molecule has 1 aromatic rings. The number of hydrogen-bond acceptors (Lipinski definition) is 2. The Hall–Kier alpha value is -1.89. The summed E-state index contributed by atoms with van der Waals surface area (Å²) < 4.78 is 13.0.